The van der Waals surface area contributed by atoms with Crippen molar-refractivity contribution in [2.24, 2.45) is 4.99 Å². The van der Waals surface area contributed by atoms with Crippen molar-refractivity contribution >= 4 is 29.9 Å². The van der Waals surface area contributed by atoms with Crippen molar-refractivity contribution < 1.29 is 4.39 Å². The van der Waals surface area contributed by atoms with E-state index in [-0.39, 0.29) is 35.2 Å². The van der Waals surface area contributed by atoms with Crippen LogP contribution in [0, 0.1) is 12.7 Å². The fraction of sp³-hybridized carbons (Fsp3) is 0.368. The average Bonchev–Trinajstić information content (AvgIpc) is 2.55. The predicted octanol–water partition coefficient (Wildman–Crippen LogP) is 3.79. The Balaban J connectivity index is 0.00000312. The average molecular weight is 456 g/mol. The summed E-state index contributed by atoms with van der Waals surface area (Å²) >= 11 is 0. The molecular weight excluding hydrogens is 430 g/mol. The second-order valence-electron chi connectivity index (χ2n) is 6.44. The molecule has 1 heterocycles. The lowest BCUT2D eigenvalue weighted by molar-refractivity contribution is 0.503. The highest BCUT2D eigenvalue weighted by Gasteiger charge is 2.21. The molecule has 2 N–H and O–H groups in total. The summed E-state index contributed by atoms with van der Waals surface area (Å²) in [5.74, 6) is 0.483. The number of rotatable bonds is 5. The third-order valence-corrected chi connectivity index (χ3v) is 3.91. The minimum absolute atomic E-state index is 0. The Morgan fingerprint density at radius 3 is 2.52 bits per heavy atom. The summed E-state index contributed by atoms with van der Waals surface area (Å²) in [6.45, 7) is 7.35. The summed E-state index contributed by atoms with van der Waals surface area (Å²) in [6, 6.07) is 12.7. The minimum Gasteiger partial charge on any atom is -0.356 e. The molecule has 1 aromatic carbocycles. The van der Waals surface area contributed by atoms with Gasteiger partial charge in [0.1, 0.15) is 5.82 Å². The number of pyridine rings is 1. The first-order valence-corrected chi connectivity index (χ1v) is 8.04. The number of halogens is 2. The van der Waals surface area contributed by atoms with Crippen LogP contribution in [0.3, 0.4) is 0 Å². The van der Waals surface area contributed by atoms with E-state index in [1.54, 1.807) is 19.2 Å². The Labute approximate surface area is 166 Å². The molecule has 6 heteroatoms. The number of nitrogens with zero attached hydrogens (tertiary/aromatic N) is 2. The second kappa shape index (κ2) is 9.70. The minimum atomic E-state index is -0.221. The first kappa shape index (κ1) is 21.3. The fourth-order valence-corrected chi connectivity index (χ4v) is 2.41. The Morgan fingerprint density at radius 2 is 1.88 bits per heavy atom. The molecule has 0 fully saturated rings. The van der Waals surface area contributed by atoms with Gasteiger partial charge >= 0.3 is 0 Å². The van der Waals surface area contributed by atoms with Crippen LogP contribution in [0.15, 0.2) is 47.5 Å². The van der Waals surface area contributed by atoms with Crippen LogP contribution >= 0.6 is 24.0 Å². The van der Waals surface area contributed by atoms with E-state index in [1.807, 2.05) is 31.2 Å². The zero-order valence-electron chi connectivity index (χ0n) is 15.1. The van der Waals surface area contributed by atoms with Crippen molar-refractivity contribution in [3.8, 4) is 0 Å². The number of aromatic nitrogens is 1. The molecule has 136 valence electrons. The molecule has 0 bridgehead atoms. The maximum Gasteiger partial charge on any atom is 0.191 e. The molecule has 0 radical (unpaired) electrons. The maximum atomic E-state index is 13.4. The highest BCUT2D eigenvalue weighted by atomic mass is 127. The number of nitrogens with one attached hydrogen (secondary N) is 2. The van der Waals surface area contributed by atoms with Gasteiger partial charge < -0.3 is 10.6 Å². The van der Waals surface area contributed by atoms with E-state index in [4.69, 9.17) is 0 Å². The fourth-order valence-electron chi connectivity index (χ4n) is 2.41. The van der Waals surface area contributed by atoms with Gasteiger partial charge in [-0.15, -0.1) is 24.0 Å². The molecular formula is C19H26FIN4. The van der Waals surface area contributed by atoms with Crippen molar-refractivity contribution in [1.82, 2.24) is 15.6 Å². The predicted molar refractivity (Wildman–Crippen MR) is 112 cm³/mol. The number of hydrogen-bond acceptors (Lipinski definition) is 2. The second-order valence-corrected chi connectivity index (χ2v) is 6.44. The van der Waals surface area contributed by atoms with Gasteiger partial charge in [-0.1, -0.05) is 32.0 Å². The Hall–Kier alpha value is -1.70. The first-order chi connectivity index (χ1) is 11.4. The van der Waals surface area contributed by atoms with Crippen molar-refractivity contribution in [3.05, 3.63) is 65.2 Å². The summed E-state index contributed by atoms with van der Waals surface area (Å²) in [5, 5.41) is 6.55. The number of aryl methyl sites for hydroxylation is 1. The van der Waals surface area contributed by atoms with Crippen LogP contribution in [0.4, 0.5) is 4.39 Å². The van der Waals surface area contributed by atoms with Gasteiger partial charge in [-0.3, -0.25) is 9.98 Å². The monoisotopic (exact) mass is 456 g/mol. The highest BCUT2D eigenvalue weighted by Crippen LogP contribution is 2.22. The molecule has 0 unspecified atom stereocenters. The molecule has 4 nitrogen and oxygen atoms in total. The van der Waals surface area contributed by atoms with Gasteiger partial charge in [0.05, 0.1) is 12.2 Å². The third kappa shape index (κ3) is 6.61. The SMILES string of the molecule is CN=C(NCc1cccc(C)n1)NCC(C)(C)c1cccc(F)c1.I. The molecule has 0 saturated carbocycles. The lowest BCUT2D eigenvalue weighted by Crippen LogP contribution is -2.43. The summed E-state index contributed by atoms with van der Waals surface area (Å²) < 4.78 is 13.4. The summed E-state index contributed by atoms with van der Waals surface area (Å²) in [4.78, 5) is 8.69. The molecule has 1 aromatic heterocycles. The maximum absolute atomic E-state index is 13.4. The van der Waals surface area contributed by atoms with Gasteiger partial charge in [0.25, 0.3) is 0 Å². The number of hydrogen-bond donors (Lipinski definition) is 2. The van der Waals surface area contributed by atoms with E-state index >= 15 is 0 Å². The molecule has 0 aliphatic carbocycles. The lowest BCUT2D eigenvalue weighted by Gasteiger charge is -2.26. The van der Waals surface area contributed by atoms with Gasteiger partial charge in [-0.25, -0.2) is 4.39 Å². The summed E-state index contributed by atoms with van der Waals surface area (Å²) in [5.41, 5.74) is 2.68. The third-order valence-electron chi connectivity index (χ3n) is 3.91. The smallest absolute Gasteiger partial charge is 0.191 e. The van der Waals surface area contributed by atoms with Crippen LogP contribution in [0.25, 0.3) is 0 Å². The van der Waals surface area contributed by atoms with Crippen LogP contribution in [-0.2, 0) is 12.0 Å². The quantitative estimate of drug-likeness (QED) is 0.409. The van der Waals surface area contributed by atoms with Crippen LogP contribution in [0.1, 0.15) is 30.8 Å². The van der Waals surface area contributed by atoms with Crippen LogP contribution in [-0.4, -0.2) is 24.5 Å². The normalized spacial score (nSPS) is 11.6. The van der Waals surface area contributed by atoms with Crippen molar-refractivity contribution in [1.29, 1.82) is 0 Å². The molecule has 0 atom stereocenters. The topological polar surface area (TPSA) is 49.3 Å². The molecule has 0 amide bonds. The molecule has 2 rings (SSSR count). The van der Waals surface area contributed by atoms with Gasteiger partial charge in [0, 0.05) is 24.7 Å². The zero-order valence-corrected chi connectivity index (χ0v) is 17.5. The van der Waals surface area contributed by atoms with Gasteiger partial charge in [0.15, 0.2) is 5.96 Å². The van der Waals surface area contributed by atoms with Crippen LogP contribution < -0.4 is 10.6 Å². The Morgan fingerprint density at radius 1 is 1.16 bits per heavy atom. The van der Waals surface area contributed by atoms with E-state index in [0.29, 0.717) is 19.0 Å². The van der Waals surface area contributed by atoms with E-state index in [2.05, 4.69) is 34.5 Å². The highest BCUT2D eigenvalue weighted by molar-refractivity contribution is 14.0. The van der Waals surface area contributed by atoms with Gasteiger partial charge in [-0.05, 0) is 36.8 Å². The zero-order chi connectivity index (χ0) is 17.6. The largest absolute Gasteiger partial charge is 0.356 e. The summed E-state index contributed by atoms with van der Waals surface area (Å²) in [6.07, 6.45) is 0. The molecule has 0 aliphatic heterocycles. The van der Waals surface area contributed by atoms with E-state index < -0.39 is 0 Å². The standard InChI is InChI=1S/C19H25FN4.HI/c1-14-7-5-10-17(24-14)12-22-18(21-4)23-13-19(2,3)15-8-6-9-16(20)11-15;/h5-11H,12-13H2,1-4H3,(H2,21,22,23);1H. The van der Waals surface area contributed by atoms with Gasteiger partial charge in [-0.2, -0.15) is 0 Å². The number of benzene rings is 1. The molecule has 0 spiro atoms. The number of guanidine groups is 1. The molecule has 2 aromatic rings. The lowest BCUT2D eigenvalue weighted by atomic mass is 9.84. The van der Waals surface area contributed by atoms with Crippen LogP contribution in [0.5, 0.6) is 0 Å². The summed E-state index contributed by atoms with van der Waals surface area (Å²) in [7, 11) is 1.73. The first-order valence-electron chi connectivity index (χ1n) is 8.04. The molecule has 0 saturated heterocycles. The van der Waals surface area contributed by atoms with E-state index in [9.17, 15) is 4.39 Å². The van der Waals surface area contributed by atoms with Crippen LogP contribution in [0.2, 0.25) is 0 Å². The van der Waals surface area contributed by atoms with Crippen molar-refractivity contribution in [2.75, 3.05) is 13.6 Å². The van der Waals surface area contributed by atoms with E-state index in [1.165, 1.54) is 6.07 Å². The Bertz CT molecular complexity index is 716. The number of aliphatic imine (C=N–C) groups is 1. The molecule has 0 aliphatic rings. The van der Waals surface area contributed by atoms with Gasteiger partial charge in [0.2, 0.25) is 0 Å². The van der Waals surface area contributed by atoms with Crippen molar-refractivity contribution in [3.63, 3.8) is 0 Å². The Kier molecular flexibility index (Phi) is 8.28. The van der Waals surface area contributed by atoms with E-state index in [0.717, 1.165) is 17.0 Å². The molecule has 25 heavy (non-hydrogen) atoms. The van der Waals surface area contributed by atoms with Crippen molar-refractivity contribution in [2.45, 2.75) is 32.7 Å².